The van der Waals surface area contributed by atoms with Gasteiger partial charge < -0.3 is 9.84 Å². The van der Waals surface area contributed by atoms with Gasteiger partial charge in [0.1, 0.15) is 11.3 Å². The molecule has 5 heteroatoms. The second-order valence-corrected chi connectivity index (χ2v) is 6.12. The Hall–Kier alpha value is -1.36. The molecular formula is C16H19ClN2O2. The zero-order valence-corrected chi connectivity index (χ0v) is 13.0. The molecule has 1 aromatic heterocycles. The fourth-order valence-corrected chi connectivity index (χ4v) is 3.30. The van der Waals surface area contributed by atoms with Crippen LogP contribution in [0, 0.1) is 0 Å². The van der Waals surface area contributed by atoms with Crippen LogP contribution in [0.1, 0.15) is 19.4 Å². The summed E-state index contributed by atoms with van der Waals surface area (Å²) in [6.07, 6.45) is 2.07. The third-order valence-electron chi connectivity index (χ3n) is 3.78. The summed E-state index contributed by atoms with van der Waals surface area (Å²) in [5.41, 5.74) is 1.38. The number of nitrogens with zero attached hydrogens (tertiary/aromatic N) is 2. The summed E-state index contributed by atoms with van der Waals surface area (Å²) in [4.78, 5) is 6.52. The van der Waals surface area contributed by atoms with Crippen LogP contribution in [0.3, 0.4) is 0 Å². The van der Waals surface area contributed by atoms with Crippen LogP contribution >= 0.6 is 11.6 Å². The Bertz CT molecular complexity index is 652. The summed E-state index contributed by atoms with van der Waals surface area (Å²) in [6.45, 7) is 6.48. The Kier molecular flexibility index (Phi) is 4.02. The van der Waals surface area contributed by atoms with Gasteiger partial charge in [-0.2, -0.15) is 0 Å². The highest BCUT2D eigenvalue weighted by molar-refractivity contribution is 6.35. The van der Waals surface area contributed by atoms with E-state index in [0.717, 1.165) is 24.0 Å². The Morgan fingerprint density at radius 3 is 2.81 bits per heavy atom. The Balaban J connectivity index is 1.92. The quantitative estimate of drug-likeness (QED) is 0.925. The van der Waals surface area contributed by atoms with Gasteiger partial charge in [0.2, 0.25) is 0 Å². The fourth-order valence-electron chi connectivity index (χ4n) is 3.01. The van der Waals surface area contributed by atoms with E-state index in [1.54, 1.807) is 6.20 Å². The van der Waals surface area contributed by atoms with Crippen LogP contribution in [0.2, 0.25) is 5.02 Å². The first-order valence-electron chi connectivity index (χ1n) is 7.17. The van der Waals surface area contributed by atoms with Crippen molar-refractivity contribution >= 4 is 22.5 Å². The maximum atomic E-state index is 10.5. The lowest BCUT2D eigenvalue weighted by Crippen LogP contribution is -2.44. The molecule has 1 saturated heterocycles. The lowest BCUT2D eigenvalue weighted by atomic mass is 10.1. The minimum absolute atomic E-state index is 0.199. The van der Waals surface area contributed by atoms with Crippen molar-refractivity contribution in [3.05, 3.63) is 35.0 Å². The standard InChI is InChI=1S/C16H19ClN2O2/c1-10-7-19(8-11(2)21-10)9-12-6-14(17)13-4-3-5-18-15(13)16(12)20/h3-6,10-11,20H,7-9H2,1-2H3/t10-,11+. The molecule has 3 rings (SSSR count). The van der Waals surface area contributed by atoms with Crippen molar-refractivity contribution < 1.29 is 9.84 Å². The lowest BCUT2D eigenvalue weighted by Gasteiger charge is -2.35. The van der Waals surface area contributed by atoms with Gasteiger partial charge in [0, 0.05) is 36.8 Å². The highest BCUT2D eigenvalue weighted by Gasteiger charge is 2.23. The Morgan fingerprint density at radius 1 is 1.38 bits per heavy atom. The number of fused-ring (bicyclic) bond motifs is 1. The van der Waals surface area contributed by atoms with Gasteiger partial charge in [0.25, 0.3) is 0 Å². The highest BCUT2D eigenvalue weighted by atomic mass is 35.5. The van der Waals surface area contributed by atoms with Gasteiger partial charge in [-0.05, 0) is 32.0 Å². The van der Waals surface area contributed by atoms with Crippen molar-refractivity contribution in [2.24, 2.45) is 0 Å². The van der Waals surface area contributed by atoms with Crippen LogP contribution in [-0.2, 0) is 11.3 Å². The van der Waals surface area contributed by atoms with Crippen molar-refractivity contribution in [2.45, 2.75) is 32.6 Å². The normalized spacial score (nSPS) is 23.6. The Morgan fingerprint density at radius 2 is 2.10 bits per heavy atom. The first-order valence-corrected chi connectivity index (χ1v) is 7.55. The molecule has 0 amide bonds. The molecule has 2 aromatic rings. The van der Waals surface area contributed by atoms with Crippen LogP contribution < -0.4 is 0 Å². The van der Waals surface area contributed by atoms with Gasteiger partial charge in [0.05, 0.1) is 17.2 Å². The third-order valence-corrected chi connectivity index (χ3v) is 4.10. The molecule has 4 nitrogen and oxygen atoms in total. The third kappa shape index (κ3) is 2.98. The lowest BCUT2D eigenvalue weighted by molar-refractivity contribution is -0.0706. The number of phenolic OH excluding ortho intramolecular Hbond substituents is 1. The van der Waals surface area contributed by atoms with E-state index in [1.165, 1.54) is 0 Å². The zero-order valence-electron chi connectivity index (χ0n) is 12.2. The summed E-state index contributed by atoms with van der Waals surface area (Å²) in [6, 6.07) is 5.53. The molecule has 0 radical (unpaired) electrons. The van der Waals surface area contributed by atoms with Crippen molar-refractivity contribution in [3.63, 3.8) is 0 Å². The molecule has 112 valence electrons. The van der Waals surface area contributed by atoms with Crippen LogP contribution in [0.15, 0.2) is 24.4 Å². The maximum absolute atomic E-state index is 10.5. The van der Waals surface area contributed by atoms with E-state index in [9.17, 15) is 5.11 Å². The number of aromatic hydroxyl groups is 1. The largest absolute Gasteiger partial charge is 0.505 e. The number of halogens is 1. The molecule has 1 aromatic carbocycles. The molecule has 0 aliphatic carbocycles. The van der Waals surface area contributed by atoms with Crippen molar-refractivity contribution in [2.75, 3.05) is 13.1 Å². The molecule has 1 fully saturated rings. The van der Waals surface area contributed by atoms with E-state index in [0.29, 0.717) is 17.1 Å². The van der Waals surface area contributed by atoms with Crippen LogP contribution in [0.25, 0.3) is 10.9 Å². The number of morpholine rings is 1. The molecule has 2 atom stereocenters. The molecule has 2 heterocycles. The van der Waals surface area contributed by atoms with Gasteiger partial charge in [0.15, 0.2) is 0 Å². The second-order valence-electron chi connectivity index (χ2n) is 5.72. The summed E-state index contributed by atoms with van der Waals surface area (Å²) in [5, 5.41) is 11.9. The highest BCUT2D eigenvalue weighted by Crippen LogP contribution is 2.33. The first-order chi connectivity index (χ1) is 10.0. The topological polar surface area (TPSA) is 45.6 Å². The van der Waals surface area contributed by atoms with Gasteiger partial charge in [-0.15, -0.1) is 0 Å². The maximum Gasteiger partial charge on any atom is 0.146 e. The van der Waals surface area contributed by atoms with Crippen LogP contribution in [0.4, 0.5) is 0 Å². The van der Waals surface area contributed by atoms with Crippen molar-refractivity contribution in [1.29, 1.82) is 0 Å². The average molecular weight is 307 g/mol. The minimum Gasteiger partial charge on any atom is -0.505 e. The minimum atomic E-state index is 0.199. The summed E-state index contributed by atoms with van der Waals surface area (Å²) >= 11 is 6.31. The van der Waals surface area contributed by atoms with Crippen LogP contribution in [0.5, 0.6) is 5.75 Å². The van der Waals surface area contributed by atoms with E-state index in [-0.39, 0.29) is 18.0 Å². The molecule has 0 bridgehead atoms. The van der Waals surface area contributed by atoms with Crippen LogP contribution in [-0.4, -0.2) is 40.3 Å². The van der Waals surface area contributed by atoms with Gasteiger partial charge in [-0.1, -0.05) is 11.6 Å². The smallest absolute Gasteiger partial charge is 0.146 e. The Labute approximate surface area is 129 Å². The monoisotopic (exact) mass is 306 g/mol. The molecule has 0 spiro atoms. The van der Waals surface area contributed by atoms with E-state index < -0.39 is 0 Å². The number of rotatable bonds is 2. The molecule has 0 unspecified atom stereocenters. The predicted octanol–water partition coefficient (Wildman–Crippen LogP) is 3.20. The molecule has 0 saturated carbocycles. The molecule has 1 aliphatic rings. The summed E-state index contributed by atoms with van der Waals surface area (Å²) < 4.78 is 5.74. The number of phenols is 1. The van der Waals surface area contributed by atoms with Gasteiger partial charge in [-0.3, -0.25) is 9.88 Å². The zero-order chi connectivity index (χ0) is 15.0. The summed E-state index contributed by atoms with van der Waals surface area (Å²) in [5.74, 6) is 0.224. The number of benzene rings is 1. The fraction of sp³-hybridized carbons (Fsp3) is 0.438. The van der Waals surface area contributed by atoms with Gasteiger partial charge >= 0.3 is 0 Å². The number of hydrogen-bond donors (Lipinski definition) is 1. The molecular weight excluding hydrogens is 288 g/mol. The van der Waals surface area contributed by atoms with Gasteiger partial charge in [-0.25, -0.2) is 0 Å². The second kappa shape index (κ2) is 5.79. The van der Waals surface area contributed by atoms with E-state index in [1.807, 2.05) is 18.2 Å². The molecule has 1 N–H and O–H groups in total. The van der Waals surface area contributed by atoms with Crippen molar-refractivity contribution in [1.82, 2.24) is 9.88 Å². The van der Waals surface area contributed by atoms with E-state index in [2.05, 4.69) is 23.7 Å². The number of ether oxygens (including phenoxy) is 1. The van der Waals surface area contributed by atoms with Crippen molar-refractivity contribution in [3.8, 4) is 5.75 Å². The average Bonchev–Trinajstić information content (AvgIpc) is 2.43. The summed E-state index contributed by atoms with van der Waals surface area (Å²) in [7, 11) is 0. The number of pyridine rings is 1. The SMILES string of the molecule is C[C@@H]1CN(Cc2cc(Cl)c3cccnc3c2O)C[C@H](C)O1. The predicted molar refractivity (Wildman–Crippen MR) is 83.7 cm³/mol. The van der Waals surface area contributed by atoms with E-state index >= 15 is 0 Å². The molecule has 21 heavy (non-hydrogen) atoms. The van der Waals surface area contributed by atoms with E-state index in [4.69, 9.17) is 16.3 Å². The first kappa shape index (κ1) is 14.6. The number of aromatic nitrogens is 1. The molecule has 1 aliphatic heterocycles. The number of hydrogen-bond acceptors (Lipinski definition) is 4.